The lowest BCUT2D eigenvalue weighted by atomic mass is 10.1. The minimum absolute atomic E-state index is 0.0376. The van der Waals surface area contributed by atoms with Gasteiger partial charge in [0.2, 0.25) is 11.7 Å². The molecule has 10 heteroatoms. The number of nitrogens with zero attached hydrogens (tertiary/aromatic N) is 2. The molecule has 7 nitrogen and oxygen atoms in total. The molecule has 154 valence electrons. The third-order valence-electron chi connectivity index (χ3n) is 4.32. The van der Waals surface area contributed by atoms with E-state index in [9.17, 15) is 8.42 Å². The Morgan fingerprint density at radius 2 is 1.87 bits per heavy atom. The molecular weight excluding hydrogens is 449 g/mol. The van der Waals surface area contributed by atoms with E-state index in [1.165, 1.54) is 18.4 Å². The predicted octanol–water partition coefficient (Wildman–Crippen LogP) is 5.34. The van der Waals surface area contributed by atoms with Crippen LogP contribution in [0.4, 0.5) is 5.69 Å². The van der Waals surface area contributed by atoms with Crippen LogP contribution in [-0.2, 0) is 16.4 Å². The Morgan fingerprint density at radius 3 is 2.63 bits per heavy atom. The summed E-state index contributed by atoms with van der Waals surface area (Å²) in [4.78, 5) is 4.24. The van der Waals surface area contributed by atoms with Crippen LogP contribution in [0.15, 0.2) is 68.6 Å². The van der Waals surface area contributed by atoms with Crippen molar-refractivity contribution in [2.24, 2.45) is 0 Å². The molecule has 2 aromatic heterocycles. The molecule has 0 amide bonds. The van der Waals surface area contributed by atoms with E-state index in [1.54, 1.807) is 43.3 Å². The molecule has 0 aliphatic heterocycles. The van der Waals surface area contributed by atoms with Crippen LogP contribution >= 0.6 is 23.2 Å². The number of furan rings is 1. The largest absolute Gasteiger partial charge is 0.461 e. The van der Waals surface area contributed by atoms with Crippen LogP contribution in [-0.4, -0.2) is 18.6 Å². The van der Waals surface area contributed by atoms with Gasteiger partial charge in [-0.1, -0.05) is 46.6 Å². The highest BCUT2D eigenvalue weighted by Gasteiger charge is 2.21. The van der Waals surface area contributed by atoms with Crippen LogP contribution in [0.2, 0.25) is 10.0 Å². The van der Waals surface area contributed by atoms with Gasteiger partial charge in [0, 0.05) is 5.02 Å². The fourth-order valence-electron chi connectivity index (χ4n) is 2.81. The van der Waals surface area contributed by atoms with Crippen LogP contribution in [0.3, 0.4) is 0 Å². The Labute approximate surface area is 182 Å². The summed E-state index contributed by atoms with van der Waals surface area (Å²) in [6.45, 7) is 1.71. The first-order chi connectivity index (χ1) is 14.3. The van der Waals surface area contributed by atoms with E-state index >= 15 is 0 Å². The average molecular weight is 464 g/mol. The maximum atomic E-state index is 12.9. The summed E-state index contributed by atoms with van der Waals surface area (Å²) in [5.74, 6) is 1.11. The zero-order valence-corrected chi connectivity index (χ0v) is 17.9. The molecule has 4 aromatic rings. The zero-order chi connectivity index (χ0) is 21.3. The fourth-order valence-corrected chi connectivity index (χ4v) is 4.74. The predicted molar refractivity (Wildman–Crippen MR) is 113 cm³/mol. The SMILES string of the molecule is Cc1cc(S(=O)(=O)Nc2ccccc2Cc2nc(-c3ccco3)no2)c(Cl)cc1Cl. The first kappa shape index (κ1) is 20.5. The summed E-state index contributed by atoms with van der Waals surface area (Å²) in [6, 6.07) is 13.2. The van der Waals surface area contributed by atoms with Gasteiger partial charge < -0.3 is 8.94 Å². The second-order valence-electron chi connectivity index (χ2n) is 6.46. The monoisotopic (exact) mass is 463 g/mol. The van der Waals surface area contributed by atoms with Gasteiger partial charge in [-0.05, 0) is 48.4 Å². The van der Waals surface area contributed by atoms with Crippen molar-refractivity contribution in [1.29, 1.82) is 0 Å². The first-order valence-corrected chi connectivity index (χ1v) is 11.0. The highest BCUT2D eigenvalue weighted by molar-refractivity contribution is 7.92. The standard InChI is InChI=1S/C20H15Cl2N3O4S/c1-12-9-18(15(22)11-14(12)21)30(26,27)25-16-6-3-2-5-13(16)10-19-23-20(24-29-19)17-7-4-8-28-17/h2-9,11,25H,10H2,1H3. The molecular formula is C20H15Cl2N3O4S. The number of nitrogens with one attached hydrogen (secondary N) is 1. The quantitative estimate of drug-likeness (QED) is 0.414. The van der Waals surface area contributed by atoms with Crippen molar-refractivity contribution in [3.63, 3.8) is 0 Å². The molecule has 4 rings (SSSR count). The summed E-state index contributed by atoms with van der Waals surface area (Å²) < 4.78 is 39.0. The van der Waals surface area contributed by atoms with Gasteiger partial charge >= 0.3 is 0 Å². The summed E-state index contributed by atoms with van der Waals surface area (Å²) >= 11 is 12.1. The summed E-state index contributed by atoms with van der Waals surface area (Å²) in [5, 5.41) is 4.32. The topological polar surface area (TPSA) is 98.2 Å². The second-order valence-corrected chi connectivity index (χ2v) is 8.93. The Morgan fingerprint density at radius 1 is 1.07 bits per heavy atom. The molecule has 0 saturated carbocycles. The van der Waals surface area contributed by atoms with Crippen molar-refractivity contribution in [3.8, 4) is 11.6 Å². The molecule has 0 fully saturated rings. The van der Waals surface area contributed by atoms with Gasteiger partial charge in [-0.25, -0.2) is 8.42 Å². The maximum Gasteiger partial charge on any atom is 0.263 e. The number of anilines is 1. The maximum absolute atomic E-state index is 12.9. The minimum Gasteiger partial charge on any atom is -0.461 e. The van der Waals surface area contributed by atoms with Crippen molar-refractivity contribution in [1.82, 2.24) is 10.1 Å². The van der Waals surface area contributed by atoms with E-state index in [0.717, 1.165) is 0 Å². The van der Waals surface area contributed by atoms with Gasteiger partial charge in [-0.2, -0.15) is 4.98 Å². The lowest BCUT2D eigenvalue weighted by molar-refractivity contribution is 0.384. The van der Waals surface area contributed by atoms with E-state index < -0.39 is 10.0 Å². The zero-order valence-electron chi connectivity index (χ0n) is 15.6. The van der Waals surface area contributed by atoms with Crippen molar-refractivity contribution in [2.75, 3.05) is 4.72 Å². The molecule has 0 radical (unpaired) electrons. The molecule has 0 aliphatic rings. The van der Waals surface area contributed by atoms with Gasteiger partial charge in [0.1, 0.15) is 4.90 Å². The Hall–Kier alpha value is -2.81. The Kier molecular flexibility index (Phi) is 5.55. The smallest absolute Gasteiger partial charge is 0.263 e. The van der Waals surface area contributed by atoms with E-state index in [-0.39, 0.29) is 16.3 Å². The van der Waals surface area contributed by atoms with Crippen molar-refractivity contribution in [2.45, 2.75) is 18.2 Å². The number of aryl methyl sites for hydroxylation is 1. The highest BCUT2D eigenvalue weighted by atomic mass is 35.5. The lowest BCUT2D eigenvalue weighted by Gasteiger charge is -2.13. The van der Waals surface area contributed by atoms with Crippen molar-refractivity contribution >= 4 is 38.9 Å². The number of sulfonamides is 1. The van der Waals surface area contributed by atoms with E-state index in [1.807, 2.05) is 0 Å². The number of para-hydroxylation sites is 1. The van der Waals surface area contributed by atoms with Crippen LogP contribution in [0.5, 0.6) is 0 Å². The van der Waals surface area contributed by atoms with Gasteiger partial charge in [-0.3, -0.25) is 4.72 Å². The number of rotatable bonds is 6. The molecule has 30 heavy (non-hydrogen) atoms. The number of hydrogen-bond donors (Lipinski definition) is 1. The molecule has 0 atom stereocenters. The lowest BCUT2D eigenvalue weighted by Crippen LogP contribution is -2.15. The molecule has 0 aliphatic carbocycles. The number of aromatic nitrogens is 2. The van der Waals surface area contributed by atoms with Gasteiger partial charge in [0.25, 0.3) is 10.0 Å². The Balaban J connectivity index is 1.62. The number of hydrogen-bond acceptors (Lipinski definition) is 6. The summed E-state index contributed by atoms with van der Waals surface area (Å²) in [6.07, 6.45) is 1.73. The normalized spacial score (nSPS) is 11.6. The van der Waals surface area contributed by atoms with E-state index in [4.69, 9.17) is 32.1 Å². The molecule has 0 saturated heterocycles. The Bertz CT molecular complexity index is 1300. The van der Waals surface area contributed by atoms with Crippen molar-refractivity contribution in [3.05, 3.63) is 81.9 Å². The molecule has 1 N–H and O–H groups in total. The molecule has 0 spiro atoms. The number of halogens is 2. The van der Waals surface area contributed by atoms with Crippen LogP contribution in [0.25, 0.3) is 11.6 Å². The van der Waals surface area contributed by atoms with Gasteiger partial charge in [-0.15, -0.1) is 0 Å². The molecule has 0 unspecified atom stereocenters. The van der Waals surface area contributed by atoms with E-state index in [2.05, 4.69) is 14.9 Å². The molecule has 2 aromatic carbocycles. The van der Waals surface area contributed by atoms with E-state index in [0.29, 0.717) is 39.3 Å². The van der Waals surface area contributed by atoms with Gasteiger partial charge in [0.15, 0.2) is 5.76 Å². The van der Waals surface area contributed by atoms with Crippen LogP contribution < -0.4 is 4.72 Å². The van der Waals surface area contributed by atoms with Crippen molar-refractivity contribution < 1.29 is 17.4 Å². The van der Waals surface area contributed by atoms with Gasteiger partial charge in [0.05, 0.1) is 23.4 Å². The third kappa shape index (κ3) is 4.21. The third-order valence-corrected chi connectivity index (χ3v) is 6.55. The fraction of sp³-hybridized carbons (Fsp3) is 0.100. The molecule has 0 bridgehead atoms. The molecule has 2 heterocycles. The summed E-state index contributed by atoms with van der Waals surface area (Å²) in [5.41, 5.74) is 1.63. The number of benzene rings is 2. The van der Waals surface area contributed by atoms with Crippen LogP contribution in [0, 0.1) is 6.92 Å². The first-order valence-electron chi connectivity index (χ1n) is 8.76. The average Bonchev–Trinajstić information content (AvgIpc) is 3.37. The minimum atomic E-state index is -3.95. The summed E-state index contributed by atoms with van der Waals surface area (Å²) in [7, 11) is -3.95. The second kappa shape index (κ2) is 8.14. The highest BCUT2D eigenvalue weighted by Crippen LogP contribution is 2.30. The van der Waals surface area contributed by atoms with Crippen LogP contribution in [0.1, 0.15) is 17.0 Å².